The molecule has 0 nitrogen and oxygen atoms in total. The summed E-state index contributed by atoms with van der Waals surface area (Å²) in [6.07, 6.45) is 17.2. The van der Waals surface area contributed by atoms with E-state index in [4.69, 9.17) is 0 Å². The largest absolute Gasteiger partial charge is 0.0836 e. The smallest absolute Gasteiger partial charge is 0.0104 e. The summed E-state index contributed by atoms with van der Waals surface area (Å²) in [6, 6.07) is 6.74. The van der Waals surface area contributed by atoms with E-state index < -0.39 is 0 Å². The van der Waals surface area contributed by atoms with Crippen molar-refractivity contribution in [2.75, 3.05) is 0 Å². The number of rotatable bonds is 0. The van der Waals surface area contributed by atoms with Gasteiger partial charge in [-0.05, 0) is 41.5 Å². The van der Waals surface area contributed by atoms with Gasteiger partial charge < -0.3 is 0 Å². The van der Waals surface area contributed by atoms with Gasteiger partial charge in [0.15, 0.2) is 0 Å². The third kappa shape index (κ3) is 1.32. The summed E-state index contributed by atoms with van der Waals surface area (Å²) in [4.78, 5) is 0. The minimum atomic E-state index is 0.623. The Balaban J connectivity index is 2.00. The molecule has 0 amide bonds. The fourth-order valence-electron chi connectivity index (χ4n) is 3.55. The van der Waals surface area contributed by atoms with E-state index in [1.54, 1.807) is 11.1 Å². The monoisotopic (exact) mass is 232 g/mol. The fraction of sp³-hybridized carbons (Fsp3) is 0.222. The lowest BCUT2D eigenvalue weighted by Gasteiger charge is -2.18. The fourth-order valence-corrected chi connectivity index (χ4v) is 3.55. The quantitative estimate of drug-likeness (QED) is 0.599. The molecule has 1 aromatic carbocycles. The second-order valence-corrected chi connectivity index (χ2v) is 5.26. The maximum absolute atomic E-state index is 2.34. The Morgan fingerprint density at radius 2 is 2.00 bits per heavy atom. The van der Waals surface area contributed by atoms with Crippen molar-refractivity contribution in [3.63, 3.8) is 0 Å². The number of benzene rings is 1. The summed E-state index contributed by atoms with van der Waals surface area (Å²) in [5, 5.41) is 0. The molecule has 4 rings (SSSR count). The van der Waals surface area contributed by atoms with E-state index in [2.05, 4.69) is 54.7 Å². The number of allylic oxidation sites excluding steroid dienone is 7. The van der Waals surface area contributed by atoms with Gasteiger partial charge in [-0.1, -0.05) is 60.2 Å². The van der Waals surface area contributed by atoms with Crippen molar-refractivity contribution in [2.24, 2.45) is 0 Å². The van der Waals surface area contributed by atoms with Crippen LogP contribution in [0, 0.1) is 0 Å². The molecule has 3 aliphatic rings. The van der Waals surface area contributed by atoms with Crippen molar-refractivity contribution in [1.82, 2.24) is 0 Å². The first kappa shape index (κ1) is 10.1. The zero-order valence-electron chi connectivity index (χ0n) is 10.4. The zero-order chi connectivity index (χ0) is 11.9. The predicted molar refractivity (Wildman–Crippen MR) is 77.3 cm³/mol. The molecule has 0 bridgehead atoms. The Hall–Kier alpha value is -1.82. The molecule has 0 spiro atoms. The molecule has 1 aromatic rings. The highest BCUT2D eigenvalue weighted by Crippen LogP contribution is 2.49. The second-order valence-electron chi connectivity index (χ2n) is 5.26. The summed E-state index contributed by atoms with van der Waals surface area (Å²) < 4.78 is 0. The van der Waals surface area contributed by atoms with Gasteiger partial charge in [0.1, 0.15) is 0 Å². The number of hydrogen-bond acceptors (Lipinski definition) is 0. The molecule has 0 fully saturated rings. The normalized spacial score (nSPS) is 27.2. The van der Waals surface area contributed by atoms with Crippen LogP contribution in [0.25, 0.3) is 11.6 Å². The molecule has 0 heterocycles. The van der Waals surface area contributed by atoms with Crippen molar-refractivity contribution in [1.29, 1.82) is 0 Å². The summed E-state index contributed by atoms with van der Waals surface area (Å²) in [7, 11) is 0. The van der Waals surface area contributed by atoms with E-state index in [1.165, 1.54) is 29.5 Å². The highest BCUT2D eigenvalue weighted by molar-refractivity contribution is 5.87. The highest BCUT2D eigenvalue weighted by atomic mass is 14.3. The molecule has 0 aliphatic heterocycles. The molecule has 1 unspecified atom stereocenters. The van der Waals surface area contributed by atoms with Gasteiger partial charge in [-0.2, -0.15) is 0 Å². The van der Waals surface area contributed by atoms with Crippen molar-refractivity contribution in [2.45, 2.75) is 25.2 Å². The van der Waals surface area contributed by atoms with Crippen molar-refractivity contribution < 1.29 is 0 Å². The molecule has 0 saturated heterocycles. The van der Waals surface area contributed by atoms with Crippen molar-refractivity contribution in [3.05, 3.63) is 70.8 Å². The SMILES string of the molecule is C1=CC2=C(CC1)C1C/C=C\C=C/c3cccc2c31. The molecule has 1 atom stereocenters. The van der Waals surface area contributed by atoms with Crippen molar-refractivity contribution >= 4 is 11.6 Å². The van der Waals surface area contributed by atoms with Crippen LogP contribution in [0.2, 0.25) is 0 Å². The average molecular weight is 232 g/mol. The van der Waals surface area contributed by atoms with Crippen LogP contribution in [0.15, 0.2) is 54.2 Å². The Morgan fingerprint density at radius 3 is 3.00 bits per heavy atom. The van der Waals surface area contributed by atoms with Gasteiger partial charge in [-0.15, -0.1) is 0 Å². The van der Waals surface area contributed by atoms with Crippen LogP contribution in [0.4, 0.5) is 0 Å². The molecule has 18 heavy (non-hydrogen) atoms. The maximum Gasteiger partial charge on any atom is 0.0104 e. The molecule has 0 aromatic heterocycles. The minimum Gasteiger partial charge on any atom is -0.0836 e. The lowest BCUT2D eigenvalue weighted by atomic mass is 9.85. The molecule has 88 valence electrons. The van der Waals surface area contributed by atoms with Crippen LogP contribution in [-0.2, 0) is 0 Å². The van der Waals surface area contributed by atoms with E-state index in [0.717, 1.165) is 6.42 Å². The van der Waals surface area contributed by atoms with Gasteiger partial charge in [0, 0.05) is 5.92 Å². The summed E-state index contributed by atoms with van der Waals surface area (Å²) >= 11 is 0. The van der Waals surface area contributed by atoms with Crippen LogP contribution in [0.5, 0.6) is 0 Å². The molecule has 0 saturated carbocycles. The third-order valence-electron chi connectivity index (χ3n) is 4.30. The molecule has 0 radical (unpaired) electrons. The highest BCUT2D eigenvalue weighted by Gasteiger charge is 2.31. The van der Waals surface area contributed by atoms with Gasteiger partial charge in [-0.25, -0.2) is 0 Å². The first-order valence-corrected chi connectivity index (χ1v) is 6.81. The van der Waals surface area contributed by atoms with Crippen LogP contribution >= 0.6 is 0 Å². The van der Waals surface area contributed by atoms with Gasteiger partial charge in [-0.3, -0.25) is 0 Å². The standard InChI is InChI=1S/C18H16/c1-2-7-13-8-6-12-17-15-10-5-4-9-14(15)16(11-3-1)18(13)17/h1-3,5-8,10,12,16H,4,9,11H2/b3-1-,7-2-. The summed E-state index contributed by atoms with van der Waals surface area (Å²) in [5.41, 5.74) is 7.62. The zero-order valence-corrected chi connectivity index (χ0v) is 10.4. The molecular formula is C18H16. The van der Waals surface area contributed by atoms with Gasteiger partial charge in [0.05, 0.1) is 0 Å². The summed E-state index contributed by atoms with van der Waals surface area (Å²) in [6.45, 7) is 0. The first-order valence-electron chi connectivity index (χ1n) is 6.81. The third-order valence-corrected chi connectivity index (χ3v) is 4.30. The molecule has 0 N–H and O–H groups in total. The van der Waals surface area contributed by atoms with E-state index in [9.17, 15) is 0 Å². The van der Waals surface area contributed by atoms with Crippen LogP contribution < -0.4 is 0 Å². The van der Waals surface area contributed by atoms with E-state index in [-0.39, 0.29) is 0 Å². The Bertz CT molecular complexity index is 623. The van der Waals surface area contributed by atoms with Gasteiger partial charge in [0.2, 0.25) is 0 Å². The van der Waals surface area contributed by atoms with E-state index in [0.29, 0.717) is 5.92 Å². The lowest BCUT2D eigenvalue weighted by Crippen LogP contribution is -2.01. The lowest BCUT2D eigenvalue weighted by molar-refractivity contribution is 0.765. The van der Waals surface area contributed by atoms with Crippen LogP contribution in [-0.4, -0.2) is 0 Å². The Kier molecular flexibility index (Phi) is 2.16. The average Bonchev–Trinajstić information content (AvgIpc) is 2.70. The second kappa shape index (κ2) is 3.84. The summed E-state index contributed by atoms with van der Waals surface area (Å²) in [5.74, 6) is 0.623. The maximum atomic E-state index is 2.34. The van der Waals surface area contributed by atoms with Crippen LogP contribution in [0.3, 0.4) is 0 Å². The molecule has 0 heteroatoms. The van der Waals surface area contributed by atoms with E-state index >= 15 is 0 Å². The predicted octanol–water partition coefficient (Wildman–Crippen LogP) is 4.86. The number of fused-ring (bicyclic) bond motifs is 2. The topological polar surface area (TPSA) is 0 Å². The molecular weight excluding hydrogens is 216 g/mol. The first-order chi connectivity index (χ1) is 8.95. The van der Waals surface area contributed by atoms with Crippen molar-refractivity contribution in [3.8, 4) is 0 Å². The Labute approximate surface area is 108 Å². The number of hydrogen-bond donors (Lipinski definition) is 0. The molecule has 3 aliphatic carbocycles. The van der Waals surface area contributed by atoms with Crippen LogP contribution in [0.1, 0.15) is 41.9 Å². The Morgan fingerprint density at radius 1 is 1.00 bits per heavy atom. The van der Waals surface area contributed by atoms with Gasteiger partial charge >= 0.3 is 0 Å². The van der Waals surface area contributed by atoms with E-state index in [1.807, 2.05) is 0 Å². The minimum absolute atomic E-state index is 0.623. The van der Waals surface area contributed by atoms with Gasteiger partial charge in [0.25, 0.3) is 0 Å².